The second kappa shape index (κ2) is 8.28. The van der Waals surface area contributed by atoms with Gasteiger partial charge in [0.15, 0.2) is 11.5 Å². The number of rotatable bonds is 5. The molecule has 1 fully saturated rings. The summed E-state index contributed by atoms with van der Waals surface area (Å²) < 4.78 is 11.8. The van der Waals surface area contributed by atoms with Crippen molar-refractivity contribution >= 4 is 0 Å². The molecule has 1 saturated carbocycles. The van der Waals surface area contributed by atoms with Gasteiger partial charge in [0.05, 0.1) is 7.11 Å². The van der Waals surface area contributed by atoms with Crippen LogP contribution in [0.1, 0.15) is 51.0 Å². The molecule has 118 valence electrons. The molecule has 3 nitrogen and oxygen atoms in total. The van der Waals surface area contributed by atoms with Crippen molar-refractivity contribution in [2.75, 3.05) is 14.2 Å². The number of methoxy groups -OCH3 is 1. The van der Waals surface area contributed by atoms with Crippen LogP contribution in [0.25, 0.3) is 0 Å². The van der Waals surface area contributed by atoms with Crippen LogP contribution in [-0.2, 0) is 6.42 Å². The summed E-state index contributed by atoms with van der Waals surface area (Å²) >= 11 is 0. The first-order chi connectivity index (χ1) is 10.3. The Kier molecular flexibility index (Phi) is 6.37. The average Bonchev–Trinajstić information content (AvgIpc) is 2.50. The molecule has 2 unspecified atom stereocenters. The molecule has 0 spiro atoms. The van der Waals surface area contributed by atoms with E-state index in [2.05, 4.69) is 30.4 Å². The molecule has 1 aromatic rings. The first-order valence-electron chi connectivity index (χ1n) is 8.29. The summed E-state index contributed by atoms with van der Waals surface area (Å²) in [7, 11) is 3.76. The molecular formula is C18H29NO2. The lowest BCUT2D eigenvalue weighted by atomic mass is 9.94. The number of nitrogens with one attached hydrogen (secondary N) is 1. The number of ether oxygens (including phenoxy) is 2. The Balaban J connectivity index is 2.13. The van der Waals surface area contributed by atoms with Crippen molar-refractivity contribution < 1.29 is 9.47 Å². The molecule has 0 saturated heterocycles. The van der Waals surface area contributed by atoms with Gasteiger partial charge in [0, 0.05) is 6.04 Å². The monoisotopic (exact) mass is 291 g/mol. The van der Waals surface area contributed by atoms with Gasteiger partial charge in [-0.3, -0.25) is 0 Å². The van der Waals surface area contributed by atoms with Gasteiger partial charge in [-0.2, -0.15) is 0 Å². The molecule has 1 aromatic carbocycles. The van der Waals surface area contributed by atoms with Crippen LogP contribution in [0.3, 0.4) is 0 Å². The maximum absolute atomic E-state index is 6.33. The Labute approximate surface area is 129 Å². The van der Waals surface area contributed by atoms with Crippen LogP contribution in [0.2, 0.25) is 0 Å². The second-order valence-electron chi connectivity index (χ2n) is 5.88. The van der Waals surface area contributed by atoms with E-state index in [4.69, 9.17) is 9.47 Å². The Morgan fingerprint density at radius 1 is 1.10 bits per heavy atom. The topological polar surface area (TPSA) is 30.5 Å². The van der Waals surface area contributed by atoms with Crippen LogP contribution >= 0.6 is 0 Å². The lowest BCUT2D eigenvalue weighted by Crippen LogP contribution is -2.42. The number of hydrogen-bond donors (Lipinski definition) is 1. The van der Waals surface area contributed by atoms with Crippen molar-refractivity contribution in [1.82, 2.24) is 5.32 Å². The fourth-order valence-corrected chi connectivity index (χ4v) is 3.11. The quantitative estimate of drug-likeness (QED) is 0.891. The second-order valence-corrected chi connectivity index (χ2v) is 5.88. The number of aryl methyl sites for hydroxylation is 1. The zero-order valence-electron chi connectivity index (χ0n) is 13.7. The molecule has 3 heteroatoms. The largest absolute Gasteiger partial charge is 0.493 e. The van der Waals surface area contributed by atoms with Crippen molar-refractivity contribution in [1.29, 1.82) is 0 Å². The summed E-state index contributed by atoms with van der Waals surface area (Å²) in [6, 6.07) is 6.71. The highest BCUT2D eigenvalue weighted by molar-refractivity contribution is 5.43. The van der Waals surface area contributed by atoms with Crippen LogP contribution in [0.4, 0.5) is 0 Å². The Morgan fingerprint density at radius 2 is 1.86 bits per heavy atom. The zero-order valence-corrected chi connectivity index (χ0v) is 13.7. The van der Waals surface area contributed by atoms with Crippen molar-refractivity contribution in [3.05, 3.63) is 23.8 Å². The van der Waals surface area contributed by atoms with Crippen LogP contribution in [0, 0.1) is 0 Å². The molecule has 0 amide bonds. The van der Waals surface area contributed by atoms with E-state index in [1.165, 1.54) is 37.7 Å². The van der Waals surface area contributed by atoms with E-state index in [-0.39, 0.29) is 6.10 Å². The van der Waals surface area contributed by atoms with Crippen LogP contribution in [-0.4, -0.2) is 26.3 Å². The highest BCUT2D eigenvalue weighted by atomic mass is 16.5. The number of benzene rings is 1. The third-order valence-corrected chi connectivity index (χ3v) is 4.49. The van der Waals surface area contributed by atoms with E-state index in [1.807, 2.05) is 7.05 Å². The van der Waals surface area contributed by atoms with E-state index in [0.29, 0.717) is 6.04 Å². The molecule has 1 N–H and O–H groups in total. The molecule has 0 heterocycles. The van der Waals surface area contributed by atoms with Gasteiger partial charge in [0.2, 0.25) is 0 Å². The van der Waals surface area contributed by atoms with Gasteiger partial charge in [-0.15, -0.1) is 0 Å². The zero-order chi connectivity index (χ0) is 15.1. The Hall–Kier alpha value is -1.22. The molecule has 0 bridgehead atoms. The summed E-state index contributed by atoms with van der Waals surface area (Å²) in [5, 5.41) is 3.44. The van der Waals surface area contributed by atoms with Gasteiger partial charge in [-0.05, 0) is 50.4 Å². The van der Waals surface area contributed by atoms with Gasteiger partial charge in [-0.1, -0.05) is 32.3 Å². The van der Waals surface area contributed by atoms with Gasteiger partial charge in [0.1, 0.15) is 6.10 Å². The number of hydrogen-bond acceptors (Lipinski definition) is 3. The third kappa shape index (κ3) is 4.37. The minimum absolute atomic E-state index is 0.233. The fraction of sp³-hybridized carbons (Fsp3) is 0.667. The molecule has 2 atom stereocenters. The molecule has 0 aliphatic heterocycles. The molecule has 0 aromatic heterocycles. The molecular weight excluding hydrogens is 262 g/mol. The van der Waals surface area contributed by atoms with Crippen molar-refractivity contribution in [3.8, 4) is 11.5 Å². The van der Waals surface area contributed by atoms with E-state index in [1.54, 1.807) is 7.11 Å². The lowest BCUT2D eigenvalue weighted by Gasteiger charge is -2.30. The molecule has 1 aliphatic carbocycles. The maximum atomic E-state index is 6.33. The third-order valence-electron chi connectivity index (χ3n) is 4.49. The Bertz CT molecular complexity index is 433. The average molecular weight is 291 g/mol. The summed E-state index contributed by atoms with van der Waals surface area (Å²) in [4.78, 5) is 0. The molecule has 0 radical (unpaired) electrons. The minimum Gasteiger partial charge on any atom is -0.493 e. The highest BCUT2D eigenvalue weighted by Crippen LogP contribution is 2.31. The first-order valence-corrected chi connectivity index (χ1v) is 8.29. The van der Waals surface area contributed by atoms with Crippen LogP contribution in [0.5, 0.6) is 11.5 Å². The highest BCUT2D eigenvalue weighted by Gasteiger charge is 2.24. The normalized spacial score (nSPS) is 23.2. The van der Waals surface area contributed by atoms with Gasteiger partial charge in [-0.25, -0.2) is 0 Å². The number of likely N-dealkylation sites (N-methyl/N-ethyl adjacent to an activating group) is 1. The smallest absolute Gasteiger partial charge is 0.161 e. The Morgan fingerprint density at radius 3 is 2.52 bits per heavy atom. The maximum Gasteiger partial charge on any atom is 0.161 e. The molecule has 2 rings (SSSR count). The molecule has 21 heavy (non-hydrogen) atoms. The van der Waals surface area contributed by atoms with Crippen LogP contribution in [0.15, 0.2) is 18.2 Å². The summed E-state index contributed by atoms with van der Waals surface area (Å²) in [6.45, 7) is 2.15. The van der Waals surface area contributed by atoms with Gasteiger partial charge < -0.3 is 14.8 Å². The predicted molar refractivity (Wildman–Crippen MR) is 87.3 cm³/mol. The van der Waals surface area contributed by atoms with E-state index in [0.717, 1.165) is 24.3 Å². The summed E-state index contributed by atoms with van der Waals surface area (Å²) in [5.74, 6) is 1.73. The lowest BCUT2D eigenvalue weighted by molar-refractivity contribution is 0.127. The standard InChI is InChI=1S/C18H29NO2/c1-4-14-11-12-17(18(13-14)20-3)21-16-10-8-6-5-7-9-15(16)19-2/h11-13,15-16,19H,4-10H2,1-3H3. The van der Waals surface area contributed by atoms with Crippen molar-refractivity contribution in [2.45, 2.75) is 64.0 Å². The van der Waals surface area contributed by atoms with E-state index >= 15 is 0 Å². The van der Waals surface area contributed by atoms with Crippen molar-refractivity contribution in [2.24, 2.45) is 0 Å². The van der Waals surface area contributed by atoms with E-state index < -0.39 is 0 Å². The van der Waals surface area contributed by atoms with Crippen LogP contribution < -0.4 is 14.8 Å². The van der Waals surface area contributed by atoms with Gasteiger partial charge >= 0.3 is 0 Å². The summed E-state index contributed by atoms with van der Waals surface area (Å²) in [6.07, 6.45) is 8.76. The minimum atomic E-state index is 0.233. The van der Waals surface area contributed by atoms with Gasteiger partial charge in [0.25, 0.3) is 0 Å². The van der Waals surface area contributed by atoms with Crippen molar-refractivity contribution in [3.63, 3.8) is 0 Å². The fourth-order valence-electron chi connectivity index (χ4n) is 3.11. The van der Waals surface area contributed by atoms with E-state index in [9.17, 15) is 0 Å². The first kappa shape index (κ1) is 16.2. The summed E-state index contributed by atoms with van der Waals surface area (Å²) in [5.41, 5.74) is 1.28. The molecule has 1 aliphatic rings. The predicted octanol–water partition coefficient (Wildman–Crippen LogP) is 3.95. The SMILES string of the molecule is CCc1ccc(OC2CCCCCCC2NC)c(OC)c1.